The van der Waals surface area contributed by atoms with Gasteiger partial charge in [-0.2, -0.15) is 0 Å². The van der Waals surface area contributed by atoms with Crippen molar-refractivity contribution in [3.05, 3.63) is 30.1 Å². The first kappa shape index (κ1) is 10.9. The minimum atomic E-state index is 0.339. The Morgan fingerprint density at radius 1 is 1.43 bits per heavy atom. The molecular weight excluding hydrogens is 174 g/mol. The zero-order valence-electron chi connectivity index (χ0n) is 8.86. The molecule has 0 saturated carbocycles. The summed E-state index contributed by atoms with van der Waals surface area (Å²) in [6.07, 6.45) is 3.84. The molecule has 76 valence electrons. The van der Waals surface area contributed by atoms with Gasteiger partial charge < -0.3 is 0 Å². The van der Waals surface area contributed by atoms with Crippen LogP contribution in [-0.2, 0) is 11.2 Å². The van der Waals surface area contributed by atoms with E-state index in [0.29, 0.717) is 24.5 Å². The van der Waals surface area contributed by atoms with E-state index in [9.17, 15) is 4.79 Å². The molecule has 1 aromatic heterocycles. The summed E-state index contributed by atoms with van der Waals surface area (Å²) in [4.78, 5) is 15.6. The van der Waals surface area contributed by atoms with Crippen molar-refractivity contribution in [1.82, 2.24) is 4.98 Å². The molecule has 0 atom stereocenters. The summed E-state index contributed by atoms with van der Waals surface area (Å²) in [5.41, 5.74) is 1.00. The Balaban J connectivity index is 2.31. The van der Waals surface area contributed by atoms with E-state index >= 15 is 0 Å². The summed E-state index contributed by atoms with van der Waals surface area (Å²) in [6, 6.07) is 5.80. The molecule has 2 heteroatoms. The molecule has 0 unspecified atom stereocenters. The van der Waals surface area contributed by atoms with Crippen LogP contribution in [0.1, 0.15) is 32.4 Å². The average Bonchev–Trinajstić information content (AvgIpc) is 2.15. The number of rotatable bonds is 5. The molecule has 0 bridgehead atoms. The Morgan fingerprint density at radius 3 is 2.79 bits per heavy atom. The Kier molecular flexibility index (Phi) is 4.30. The van der Waals surface area contributed by atoms with Gasteiger partial charge in [0.25, 0.3) is 0 Å². The third-order valence-electron chi connectivity index (χ3n) is 2.02. The van der Waals surface area contributed by atoms with Crippen LogP contribution < -0.4 is 0 Å². The van der Waals surface area contributed by atoms with Gasteiger partial charge in [0.2, 0.25) is 0 Å². The number of pyridine rings is 1. The molecule has 0 fully saturated rings. The van der Waals surface area contributed by atoms with Crippen LogP contribution in [0.3, 0.4) is 0 Å². The lowest BCUT2D eigenvalue weighted by Crippen LogP contribution is -2.04. The van der Waals surface area contributed by atoms with Crippen LogP contribution in [0, 0.1) is 5.92 Å². The second-order valence-electron chi connectivity index (χ2n) is 3.96. The number of ketones is 1. The Hall–Kier alpha value is -1.18. The molecule has 0 aliphatic heterocycles. The Morgan fingerprint density at radius 2 is 2.21 bits per heavy atom. The number of nitrogens with zero attached hydrogens (tertiary/aromatic N) is 1. The molecule has 0 aliphatic carbocycles. The summed E-state index contributed by atoms with van der Waals surface area (Å²) in [5, 5.41) is 0. The monoisotopic (exact) mass is 191 g/mol. The van der Waals surface area contributed by atoms with Crippen LogP contribution in [0.2, 0.25) is 0 Å². The number of aryl methyl sites for hydroxylation is 1. The SMILES string of the molecule is CC(C)CC(=O)CCc1ccccn1. The molecule has 2 nitrogen and oxygen atoms in total. The van der Waals surface area contributed by atoms with Gasteiger partial charge in [0.1, 0.15) is 5.78 Å². The third kappa shape index (κ3) is 4.17. The summed E-state index contributed by atoms with van der Waals surface area (Å²) >= 11 is 0. The van der Waals surface area contributed by atoms with Crippen molar-refractivity contribution in [1.29, 1.82) is 0 Å². The van der Waals surface area contributed by atoms with Gasteiger partial charge in [-0.1, -0.05) is 19.9 Å². The first-order chi connectivity index (χ1) is 6.68. The van der Waals surface area contributed by atoms with Crippen LogP contribution in [-0.4, -0.2) is 10.8 Å². The van der Waals surface area contributed by atoms with E-state index in [0.717, 1.165) is 12.1 Å². The third-order valence-corrected chi connectivity index (χ3v) is 2.02. The van der Waals surface area contributed by atoms with Crippen molar-refractivity contribution in [2.75, 3.05) is 0 Å². The quantitative estimate of drug-likeness (QED) is 0.716. The van der Waals surface area contributed by atoms with Gasteiger partial charge in [-0.3, -0.25) is 9.78 Å². The fourth-order valence-electron chi connectivity index (χ4n) is 1.37. The van der Waals surface area contributed by atoms with Crippen molar-refractivity contribution in [2.45, 2.75) is 33.1 Å². The second-order valence-corrected chi connectivity index (χ2v) is 3.96. The zero-order chi connectivity index (χ0) is 10.4. The zero-order valence-corrected chi connectivity index (χ0v) is 8.86. The topological polar surface area (TPSA) is 30.0 Å². The minimum absolute atomic E-state index is 0.339. The highest BCUT2D eigenvalue weighted by molar-refractivity contribution is 5.78. The van der Waals surface area contributed by atoms with Crippen LogP contribution in [0.4, 0.5) is 0 Å². The highest BCUT2D eigenvalue weighted by Crippen LogP contribution is 2.05. The largest absolute Gasteiger partial charge is 0.300 e. The van der Waals surface area contributed by atoms with Crippen molar-refractivity contribution >= 4 is 5.78 Å². The predicted molar refractivity (Wildman–Crippen MR) is 57.0 cm³/mol. The maximum Gasteiger partial charge on any atom is 0.133 e. The summed E-state index contributed by atoms with van der Waals surface area (Å²) < 4.78 is 0. The van der Waals surface area contributed by atoms with E-state index in [2.05, 4.69) is 18.8 Å². The molecule has 0 saturated heterocycles. The smallest absolute Gasteiger partial charge is 0.133 e. The number of hydrogen-bond donors (Lipinski definition) is 0. The first-order valence-electron chi connectivity index (χ1n) is 5.10. The first-order valence-corrected chi connectivity index (χ1v) is 5.10. The van der Waals surface area contributed by atoms with Crippen LogP contribution >= 0.6 is 0 Å². The highest BCUT2D eigenvalue weighted by atomic mass is 16.1. The van der Waals surface area contributed by atoms with Crippen molar-refractivity contribution < 1.29 is 4.79 Å². The van der Waals surface area contributed by atoms with Gasteiger partial charge in [0, 0.05) is 24.7 Å². The van der Waals surface area contributed by atoms with Gasteiger partial charge in [0.05, 0.1) is 0 Å². The number of aromatic nitrogens is 1. The Bertz CT molecular complexity index is 280. The number of carbonyl (C=O) groups excluding carboxylic acids is 1. The second kappa shape index (κ2) is 5.53. The summed E-state index contributed by atoms with van der Waals surface area (Å²) in [6.45, 7) is 4.14. The fourth-order valence-corrected chi connectivity index (χ4v) is 1.37. The van der Waals surface area contributed by atoms with Gasteiger partial charge >= 0.3 is 0 Å². The lowest BCUT2D eigenvalue weighted by Gasteiger charge is -2.03. The number of hydrogen-bond acceptors (Lipinski definition) is 2. The molecule has 1 aromatic rings. The van der Waals surface area contributed by atoms with Crippen LogP contribution in [0.25, 0.3) is 0 Å². The maximum atomic E-state index is 11.4. The average molecular weight is 191 g/mol. The minimum Gasteiger partial charge on any atom is -0.300 e. The van der Waals surface area contributed by atoms with E-state index in [1.54, 1.807) is 6.20 Å². The van der Waals surface area contributed by atoms with E-state index in [-0.39, 0.29) is 0 Å². The van der Waals surface area contributed by atoms with Crippen molar-refractivity contribution in [3.63, 3.8) is 0 Å². The van der Waals surface area contributed by atoms with Crippen LogP contribution in [0.5, 0.6) is 0 Å². The Labute approximate surface area is 85.4 Å². The molecule has 1 heterocycles. The summed E-state index contributed by atoms with van der Waals surface area (Å²) in [7, 11) is 0. The molecule has 0 aliphatic rings. The van der Waals surface area contributed by atoms with Gasteiger partial charge in [-0.25, -0.2) is 0 Å². The molecule has 14 heavy (non-hydrogen) atoms. The van der Waals surface area contributed by atoms with Gasteiger partial charge in [0.15, 0.2) is 0 Å². The van der Waals surface area contributed by atoms with Crippen LogP contribution in [0.15, 0.2) is 24.4 Å². The summed E-state index contributed by atoms with van der Waals surface area (Å²) in [5.74, 6) is 0.803. The molecule has 0 N–H and O–H groups in total. The van der Waals surface area contributed by atoms with Crippen molar-refractivity contribution in [2.24, 2.45) is 5.92 Å². The number of carbonyl (C=O) groups is 1. The molecule has 0 amide bonds. The molecular formula is C12H17NO. The normalized spacial score (nSPS) is 10.5. The van der Waals surface area contributed by atoms with E-state index < -0.39 is 0 Å². The lowest BCUT2D eigenvalue weighted by atomic mass is 10.0. The number of Topliss-reactive ketones (excluding diaryl/α,β-unsaturated/α-hetero) is 1. The van der Waals surface area contributed by atoms with Crippen molar-refractivity contribution in [3.8, 4) is 0 Å². The van der Waals surface area contributed by atoms with Gasteiger partial charge in [-0.15, -0.1) is 0 Å². The molecule has 0 radical (unpaired) electrons. The lowest BCUT2D eigenvalue weighted by molar-refractivity contribution is -0.119. The molecule has 1 rings (SSSR count). The van der Waals surface area contributed by atoms with E-state index in [4.69, 9.17) is 0 Å². The standard InChI is InChI=1S/C12H17NO/c1-10(2)9-12(14)7-6-11-5-3-4-8-13-11/h3-5,8,10H,6-7,9H2,1-2H3. The molecule has 0 aromatic carbocycles. The predicted octanol–water partition coefficient (Wildman–Crippen LogP) is 2.63. The maximum absolute atomic E-state index is 11.4. The van der Waals surface area contributed by atoms with E-state index in [1.807, 2.05) is 18.2 Å². The fraction of sp³-hybridized carbons (Fsp3) is 0.500. The van der Waals surface area contributed by atoms with Gasteiger partial charge in [-0.05, 0) is 24.5 Å². The highest BCUT2D eigenvalue weighted by Gasteiger charge is 2.05. The van der Waals surface area contributed by atoms with E-state index in [1.165, 1.54) is 0 Å². The molecule has 0 spiro atoms.